The number of likely N-dealkylation sites (N-methyl/N-ethyl adjacent to an activating group) is 1. The van der Waals surface area contributed by atoms with Crippen LogP contribution < -0.4 is 5.32 Å². The Labute approximate surface area is 283 Å². The van der Waals surface area contributed by atoms with Crippen molar-refractivity contribution in [2.24, 2.45) is 11.8 Å². The lowest BCUT2D eigenvalue weighted by Gasteiger charge is -2.35. The summed E-state index contributed by atoms with van der Waals surface area (Å²) in [5.41, 5.74) is 3.85. The molecule has 2 amide bonds. The number of likely N-dealkylation sites (tertiary alicyclic amines) is 1. The second-order valence-corrected chi connectivity index (χ2v) is 13.0. The number of ether oxygens (including phenoxy) is 1. The van der Waals surface area contributed by atoms with Crippen LogP contribution in [0, 0.1) is 11.8 Å². The molecule has 3 aromatic carbocycles. The van der Waals surface area contributed by atoms with Gasteiger partial charge in [-0.2, -0.15) is 13.2 Å². The number of hydrogen-bond acceptors (Lipinski definition) is 6. The molecule has 0 saturated carbocycles. The van der Waals surface area contributed by atoms with Crippen LogP contribution in [0.2, 0.25) is 0 Å². The molecular formula is C37H40F3N3O6. The van der Waals surface area contributed by atoms with E-state index in [2.05, 4.69) is 5.32 Å². The minimum Gasteiger partial charge on any atom is -0.480 e. The molecule has 1 aliphatic heterocycles. The molecule has 0 unspecified atom stereocenters. The molecule has 12 heteroatoms. The van der Waals surface area contributed by atoms with Gasteiger partial charge in [0.25, 0.3) is 0 Å². The summed E-state index contributed by atoms with van der Waals surface area (Å²) in [6.45, 7) is 3.27. The predicted octanol–water partition coefficient (Wildman–Crippen LogP) is 4.98. The third-order valence-corrected chi connectivity index (χ3v) is 9.63. The van der Waals surface area contributed by atoms with Gasteiger partial charge in [0.2, 0.25) is 11.8 Å². The van der Waals surface area contributed by atoms with Crippen LogP contribution in [-0.4, -0.2) is 84.0 Å². The Morgan fingerprint density at radius 2 is 1.55 bits per heavy atom. The molecule has 2 aliphatic rings. The van der Waals surface area contributed by atoms with Gasteiger partial charge >= 0.3 is 18.1 Å². The average Bonchev–Trinajstić information content (AvgIpc) is 3.34. The zero-order valence-electron chi connectivity index (χ0n) is 27.6. The molecule has 1 aliphatic carbocycles. The van der Waals surface area contributed by atoms with Gasteiger partial charge in [0.05, 0.1) is 18.2 Å². The first kappa shape index (κ1) is 35.6. The number of nitrogens with zero attached hydrogens (tertiary/aromatic N) is 2. The molecule has 0 bridgehead atoms. The van der Waals surface area contributed by atoms with Crippen LogP contribution in [-0.2, 0) is 36.5 Å². The molecule has 9 nitrogen and oxygen atoms in total. The second kappa shape index (κ2) is 14.8. The maximum absolute atomic E-state index is 14.1. The van der Waals surface area contributed by atoms with Crippen molar-refractivity contribution in [2.75, 3.05) is 33.3 Å². The van der Waals surface area contributed by atoms with E-state index >= 15 is 0 Å². The summed E-state index contributed by atoms with van der Waals surface area (Å²) in [6.07, 6.45) is -4.32. The molecule has 260 valence electrons. The monoisotopic (exact) mass is 679 g/mol. The first-order chi connectivity index (χ1) is 23.2. The number of amides is 2. The van der Waals surface area contributed by atoms with Gasteiger partial charge in [0.1, 0.15) is 19.2 Å². The molecule has 4 atom stereocenters. The third-order valence-electron chi connectivity index (χ3n) is 9.63. The Balaban J connectivity index is 1.31. The van der Waals surface area contributed by atoms with Crippen molar-refractivity contribution >= 4 is 23.8 Å². The van der Waals surface area contributed by atoms with Crippen LogP contribution in [0.1, 0.15) is 48.4 Å². The highest BCUT2D eigenvalue weighted by atomic mass is 19.4. The molecule has 1 saturated heterocycles. The van der Waals surface area contributed by atoms with Gasteiger partial charge in [-0.05, 0) is 58.2 Å². The van der Waals surface area contributed by atoms with E-state index < -0.39 is 54.1 Å². The summed E-state index contributed by atoms with van der Waals surface area (Å²) in [5.74, 6) is -3.15. The highest BCUT2D eigenvalue weighted by Crippen LogP contribution is 2.44. The molecule has 0 spiro atoms. The zero-order valence-corrected chi connectivity index (χ0v) is 27.6. The minimum absolute atomic E-state index is 0.00691. The van der Waals surface area contributed by atoms with Gasteiger partial charge in [0, 0.05) is 25.9 Å². The number of esters is 1. The molecule has 0 aromatic heterocycles. The molecule has 2 N–H and O–H groups in total. The summed E-state index contributed by atoms with van der Waals surface area (Å²) in [4.78, 5) is 54.7. The fourth-order valence-corrected chi connectivity index (χ4v) is 6.73. The third kappa shape index (κ3) is 8.13. The quantitative estimate of drug-likeness (QED) is 0.275. The standard InChI is InChI=1S/C37H40F3N3O6/c1-22-16-31(41-18-34(46)49-21-30-28-10-6-4-8-26(28)27-9-5-7-11-29(27)30)35(47)43(19-23(22)2)32(36(48)42(3)20-33(44)45)17-24-12-14-25(15-13-24)37(38,39)40/h4-15,22-23,30-32,41H,16-21H2,1-3H3,(H,44,45)/t22-,23+,31-,32-/m0/s1. The fraction of sp³-hybridized carbons (Fsp3) is 0.405. The van der Waals surface area contributed by atoms with E-state index in [9.17, 15) is 37.5 Å². The van der Waals surface area contributed by atoms with Crippen LogP contribution in [0.4, 0.5) is 13.2 Å². The van der Waals surface area contributed by atoms with Crippen LogP contribution in [0.15, 0.2) is 72.8 Å². The van der Waals surface area contributed by atoms with Crippen LogP contribution in [0.5, 0.6) is 0 Å². The lowest BCUT2D eigenvalue weighted by Crippen LogP contribution is -2.56. The van der Waals surface area contributed by atoms with E-state index in [4.69, 9.17) is 4.74 Å². The van der Waals surface area contributed by atoms with E-state index in [1.54, 1.807) is 0 Å². The number of carbonyl (C=O) groups excluding carboxylic acids is 3. The summed E-state index contributed by atoms with van der Waals surface area (Å²) >= 11 is 0. The molecule has 1 fully saturated rings. The largest absolute Gasteiger partial charge is 0.480 e. The Kier molecular flexibility index (Phi) is 10.8. The van der Waals surface area contributed by atoms with Crippen LogP contribution in [0.3, 0.4) is 0 Å². The van der Waals surface area contributed by atoms with Crippen molar-refractivity contribution in [1.29, 1.82) is 0 Å². The van der Waals surface area contributed by atoms with Gasteiger partial charge in [-0.3, -0.25) is 24.5 Å². The Hall–Kier alpha value is -4.71. The molecule has 0 radical (unpaired) electrons. The summed E-state index contributed by atoms with van der Waals surface area (Å²) in [7, 11) is 1.30. The summed E-state index contributed by atoms with van der Waals surface area (Å²) in [6, 6.07) is 18.2. The van der Waals surface area contributed by atoms with Crippen LogP contribution in [0.25, 0.3) is 11.1 Å². The summed E-state index contributed by atoms with van der Waals surface area (Å²) in [5, 5.41) is 12.4. The molecule has 5 rings (SSSR count). The first-order valence-corrected chi connectivity index (χ1v) is 16.2. The predicted molar refractivity (Wildman–Crippen MR) is 175 cm³/mol. The van der Waals surface area contributed by atoms with Crippen molar-refractivity contribution in [2.45, 2.75) is 50.9 Å². The highest BCUT2D eigenvalue weighted by Gasteiger charge is 2.41. The molecule has 1 heterocycles. The minimum atomic E-state index is -4.55. The van der Waals surface area contributed by atoms with E-state index in [1.165, 1.54) is 24.1 Å². The van der Waals surface area contributed by atoms with Gasteiger partial charge in [0.15, 0.2) is 0 Å². The number of carboxylic acid groups (broad SMARTS) is 1. The molecule has 49 heavy (non-hydrogen) atoms. The lowest BCUT2D eigenvalue weighted by molar-refractivity contribution is -0.150. The normalized spacial score (nSPS) is 19.8. The summed E-state index contributed by atoms with van der Waals surface area (Å²) < 4.78 is 45.4. The van der Waals surface area contributed by atoms with E-state index in [0.29, 0.717) is 12.0 Å². The van der Waals surface area contributed by atoms with Crippen molar-refractivity contribution in [3.63, 3.8) is 0 Å². The Morgan fingerprint density at radius 1 is 0.959 bits per heavy atom. The van der Waals surface area contributed by atoms with Crippen LogP contribution >= 0.6 is 0 Å². The number of rotatable bonds is 11. The molecule has 3 aromatic rings. The number of nitrogens with one attached hydrogen (secondary N) is 1. The Morgan fingerprint density at radius 3 is 2.12 bits per heavy atom. The SMILES string of the molecule is C[C@@H]1CN([C@@H](Cc2ccc(C(F)(F)F)cc2)C(=O)N(C)CC(=O)O)C(=O)[C@@H](NCC(=O)OCC2c3ccccc3-c3ccccc32)C[C@@H]1C. The second-order valence-electron chi connectivity index (χ2n) is 13.0. The van der Waals surface area contributed by atoms with Crippen molar-refractivity contribution in [3.05, 3.63) is 95.1 Å². The van der Waals surface area contributed by atoms with Crippen molar-refractivity contribution in [3.8, 4) is 11.1 Å². The lowest BCUT2D eigenvalue weighted by atomic mass is 9.91. The van der Waals surface area contributed by atoms with Crippen molar-refractivity contribution < 1.29 is 42.2 Å². The fourth-order valence-electron chi connectivity index (χ4n) is 6.73. The maximum Gasteiger partial charge on any atom is 0.416 e. The van der Waals surface area contributed by atoms with Gasteiger partial charge < -0.3 is 19.6 Å². The van der Waals surface area contributed by atoms with E-state index in [-0.39, 0.29) is 43.9 Å². The number of halogens is 3. The van der Waals surface area contributed by atoms with Gasteiger partial charge in [-0.25, -0.2) is 0 Å². The van der Waals surface area contributed by atoms with Gasteiger partial charge in [-0.1, -0.05) is 74.5 Å². The molecular weight excluding hydrogens is 639 g/mol. The maximum atomic E-state index is 14.1. The van der Waals surface area contributed by atoms with Crippen molar-refractivity contribution in [1.82, 2.24) is 15.1 Å². The first-order valence-electron chi connectivity index (χ1n) is 16.2. The number of carboxylic acids is 1. The average molecular weight is 680 g/mol. The highest BCUT2D eigenvalue weighted by molar-refractivity contribution is 5.92. The number of benzene rings is 3. The smallest absolute Gasteiger partial charge is 0.416 e. The number of fused-ring (bicyclic) bond motifs is 3. The number of hydrogen-bond donors (Lipinski definition) is 2. The number of carbonyl (C=O) groups is 4. The van der Waals surface area contributed by atoms with E-state index in [0.717, 1.165) is 39.3 Å². The zero-order chi connectivity index (χ0) is 35.5. The topological polar surface area (TPSA) is 116 Å². The number of aliphatic carboxylic acids is 1. The van der Waals surface area contributed by atoms with Gasteiger partial charge in [-0.15, -0.1) is 0 Å². The Bertz CT molecular complexity index is 1650. The number of alkyl halides is 3. The van der Waals surface area contributed by atoms with E-state index in [1.807, 2.05) is 62.4 Å².